The lowest BCUT2D eigenvalue weighted by atomic mass is 10.1. The van der Waals surface area contributed by atoms with Crippen molar-refractivity contribution < 1.29 is 4.39 Å². The fourth-order valence-corrected chi connectivity index (χ4v) is 2.42. The third-order valence-corrected chi connectivity index (χ3v) is 3.58. The van der Waals surface area contributed by atoms with Crippen LogP contribution < -0.4 is 10.6 Å². The van der Waals surface area contributed by atoms with E-state index in [1.165, 1.54) is 6.07 Å². The lowest BCUT2D eigenvalue weighted by molar-refractivity contribution is 0.608. The van der Waals surface area contributed by atoms with Gasteiger partial charge >= 0.3 is 0 Å². The van der Waals surface area contributed by atoms with E-state index in [4.69, 9.17) is 17.3 Å². The minimum atomic E-state index is -0.206. The number of nitrogens with zero attached hydrogens (tertiary/aromatic N) is 1. The van der Waals surface area contributed by atoms with E-state index in [-0.39, 0.29) is 11.9 Å². The second kappa shape index (κ2) is 6.25. The maximum absolute atomic E-state index is 13.7. The zero-order chi connectivity index (χ0) is 14.7. The quantitative estimate of drug-likeness (QED) is 0.918. The van der Waals surface area contributed by atoms with E-state index in [0.29, 0.717) is 17.1 Å². The van der Waals surface area contributed by atoms with Gasteiger partial charge in [0.2, 0.25) is 0 Å². The fraction of sp³-hybridized carbons (Fsp3) is 0.250. The van der Waals surface area contributed by atoms with E-state index in [1.54, 1.807) is 12.1 Å². The predicted octanol–water partition coefficient (Wildman–Crippen LogP) is 4.14. The van der Waals surface area contributed by atoms with Crippen LogP contribution in [0.3, 0.4) is 0 Å². The highest BCUT2D eigenvalue weighted by atomic mass is 35.5. The third-order valence-electron chi connectivity index (χ3n) is 3.27. The molecule has 2 N–H and O–H groups in total. The van der Waals surface area contributed by atoms with Gasteiger partial charge < -0.3 is 10.6 Å². The van der Waals surface area contributed by atoms with Crippen LogP contribution in [-0.4, -0.2) is 7.05 Å². The summed E-state index contributed by atoms with van der Waals surface area (Å²) in [6, 6.07) is 12.4. The van der Waals surface area contributed by atoms with E-state index in [0.717, 1.165) is 11.3 Å². The first-order valence-corrected chi connectivity index (χ1v) is 6.86. The van der Waals surface area contributed by atoms with Crippen molar-refractivity contribution in [2.24, 2.45) is 5.73 Å². The summed E-state index contributed by atoms with van der Waals surface area (Å²) in [6.07, 6.45) is 0. The van der Waals surface area contributed by atoms with E-state index in [9.17, 15) is 4.39 Å². The van der Waals surface area contributed by atoms with Gasteiger partial charge in [0.1, 0.15) is 5.82 Å². The topological polar surface area (TPSA) is 29.3 Å². The van der Waals surface area contributed by atoms with Crippen molar-refractivity contribution in [3.63, 3.8) is 0 Å². The molecule has 1 atom stereocenters. The van der Waals surface area contributed by atoms with Crippen molar-refractivity contribution in [2.45, 2.75) is 19.5 Å². The smallest absolute Gasteiger partial charge is 0.128 e. The number of hydrogen-bond donors (Lipinski definition) is 1. The monoisotopic (exact) mass is 292 g/mol. The fourth-order valence-electron chi connectivity index (χ4n) is 2.08. The van der Waals surface area contributed by atoms with Crippen LogP contribution in [-0.2, 0) is 6.54 Å². The lowest BCUT2D eigenvalue weighted by Gasteiger charge is -2.22. The van der Waals surface area contributed by atoms with Crippen LogP contribution in [0.15, 0.2) is 42.5 Å². The average Bonchev–Trinajstić information content (AvgIpc) is 2.41. The Morgan fingerprint density at radius 3 is 2.55 bits per heavy atom. The second-order valence-electron chi connectivity index (χ2n) is 4.95. The summed E-state index contributed by atoms with van der Waals surface area (Å²) in [7, 11) is 1.89. The van der Waals surface area contributed by atoms with Crippen LogP contribution in [0.5, 0.6) is 0 Å². The van der Waals surface area contributed by atoms with Crippen LogP contribution in [0.25, 0.3) is 0 Å². The van der Waals surface area contributed by atoms with Gasteiger partial charge in [-0.25, -0.2) is 4.39 Å². The van der Waals surface area contributed by atoms with Crippen LogP contribution in [0.4, 0.5) is 10.1 Å². The molecule has 0 amide bonds. The summed E-state index contributed by atoms with van der Waals surface area (Å²) in [5.41, 5.74) is 8.32. The molecule has 0 saturated heterocycles. The molecule has 2 nitrogen and oxygen atoms in total. The minimum absolute atomic E-state index is 0.0570. The largest absolute Gasteiger partial charge is 0.369 e. The van der Waals surface area contributed by atoms with Crippen LogP contribution in [0, 0.1) is 5.82 Å². The molecule has 0 bridgehead atoms. The van der Waals surface area contributed by atoms with Gasteiger partial charge in [-0.1, -0.05) is 35.9 Å². The van der Waals surface area contributed by atoms with Gasteiger partial charge in [0.05, 0.1) is 10.7 Å². The molecule has 0 radical (unpaired) electrons. The molecule has 1 unspecified atom stereocenters. The van der Waals surface area contributed by atoms with Gasteiger partial charge in [0.15, 0.2) is 0 Å². The van der Waals surface area contributed by atoms with Crippen molar-refractivity contribution in [2.75, 3.05) is 11.9 Å². The molecule has 0 heterocycles. The van der Waals surface area contributed by atoms with Crippen LogP contribution >= 0.6 is 11.6 Å². The molecular formula is C16H18ClFN2. The molecule has 0 fully saturated rings. The molecule has 0 spiro atoms. The summed E-state index contributed by atoms with van der Waals surface area (Å²) in [6.45, 7) is 2.37. The van der Waals surface area contributed by atoms with Crippen LogP contribution in [0.1, 0.15) is 24.1 Å². The van der Waals surface area contributed by atoms with Crippen LogP contribution in [0.2, 0.25) is 5.02 Å². The lowest BCUT2D eigenvalue weighted by Crippen LogP contribution is -2.18. The minimum Gasteiger partial charge on any atom is -0.369 e. The molecule has 20 heavy (non-hydrogen) atoms. The highest BCUT2D eigenvalue weighted by molar-refractivity contribution is 6.33. The first-order chi connectivity index (χ1) is 9.49. The predicted molar refractivity (Wildman–Crippen MR) is 82.6 cm³/mol. The van der Waals surface area contributed by atoms with Gasteiger partial charge in [-0.15, -0.1) is 0 Å². The number of nitrogens with two attached hydrogens (primary N) is 1. The number of anilines is 1. The summed E-state index contributed by atoms with van der Waals surface area (Å²) < 4.78 is 13.7. The van der Waals surface area contributed by atoms with Gasteiger partial charge in [-0.2, -0.15) is 0 Å². The Labute approximate surface area is 124 Å². The molecule has 0 aliphatic rings. The molecule has 4 heteroatoms. The average molecular weight is 293 g/mol. The molecule has 2 aromatic carbocycles. The number of benzene rings is 2. The second-order valence-corrected chi connectivity index (χ2v) is 5.35. The maximum atomic E-state index is 13.7. The zero-order valence-electron chi connectivity index (χ0n) is 11.6. The molecule has 2 rings (SSSR count). The SMILES string of the molecule is CC(N)c1ccc(N(C)Cc2ccccc2F)c(Cl)c1. The van der Waals surface area contributed by atoms with E-state index in [2.05, 4.69) is 0 Å². The highest BCUT2D eigenvalue weighted by Gasteiger charge is 2.11. The van der Waals surface area contributed by atoms with Gasteiger partial charge in [-0.05, 0) is 30.7 Å². The molecule has 2 aromatic rings. The summed E-state index contributed by atoms with van der Waals surface area (Å²) in [4.78, 5) is 1.92. The van der Waals surface area contributed by atoms with Crippen molar-refractivity contribution in [3.05, 3.63) is 64.4 Å². The molecule has 0 aliphatic heterocycles. The number of hydrogen-bond acceptors (Lipinski definition) is 2. The Kier molecular flexibility index (Phi) is 4.63. The Bertz CT molecular complexity index is 599. The van der Waals surface area contributed by atoms with E-state index in [1.807, 2.05) is 43.1 Å². The molecule has 0 aliphatic carbocycles. The molecular weight excluding hydrogens is 275 g/mol. The standard InChI is InChI=1S/C16H18ClFN2/c1-11(19)12-7-8-16(14(17)9-12)20(2)10-13-5-3-4-6-15(13)18/h3-9,11H,10,19H2,1-2H3. The molecule has 0 aromatic heterocycles. The normalized spacial score (nSPS) is 12.2. The Morgan fingerprint density at radius 2 is 1.95 bits per heavy atom. The summed E-state index contributed by atoms with van der Waals surface area (Å²) in [5, 5.41) is 0.624. The van der Waals surface area contributed by atoms with Crippen molar-refractivity contribution in [3.8, 4) is 0 Å². The van der Waals surface area contributed by atoms with Crippen molar-refractivity contribution in [1.82, 2.24) is 0 Å². The third kappa shape index (κ3) is 3.30. The molecule has 0 saturated carbocycles. The van der Waals surface area contributed by atoms with E-state index < -0.39 is 0 Å². The van der Waals surface area contributed by atoms with Gasteiger partial charge in [0.25, 0.3) is 0 Å². The van der Waals surface area contributed by atoms with E-state index >= 15 is 0 Å². The molecule has 106 valence electrons. The Balaban J connectivity index is 2.21. The van der Waals surface area contributed by atoms with Crippen molar-refractivity contribution in [1.29, 1.82) is 0 Å². The summed E-state index contributed by atoms with van der Waals surface area (Å²) >= 11 is 6.28. The number of halogens is 2. The number of rotatable bonds is 4. The highest BCUT2D eigenvalue weighted by Crippen LogP contribution is 2.29. The Hall–Kier alpha value is -1.58. The first-order valence-electron chi connectivity index (χ1n) is 6.48. The van der Waals surface area contributed by atoms with Crippen molar-refractivity contribution >= 4 is 17.3 Å². The summed E-state index contributed by atoms with van der Waals surface area (Å²) in [5.74, 6) is -0.206. The first kappa shape index (κ1) is 14.8. The van der Waals surface area contributed by atoms with Gasteiger partial charge in [0, 0.05) is 25.2 Å². The van der Waals surface area contributed by atoms with Gasteiger partial charge in [-0.3, -0.25) is 0 Å². The zero-order valence-corrected chi connectivity index (χ0v) is 12.4. The maximum Gasteiger partial charge on any atom is 0.128 e. The Morgan fingerprint density at radius 1 is 1.25 bits per heavy atom.